The van der Waals surface area contributed by atoms with E-state index in [-0.39, 0.29) is 6.04 Å². The van der Waals surface area contributed by atoms with Crippen molar-refractivity contribution in [1.82, 2.24) is 9.55 Å². The smallest absolute Gasteiger partial charge is 0.143 e. The molecule has 1 atom stereocenters. The summed E-state index contributed by atoms with van der Waals surface area (Å²) in [5.74, 6) is 1.77. The average molecular weight is 281 g/mol. The summed E-state index contributed by atoms with van der Waals surface area (Å²) >= 11 is 0. The monoisotopic (exact) mass is 281 g/mol. The molecule has 0 aliphatic heterocycles. The van der Waals surface area contributed by atoms with E-state index in [4.69, 9.17) is 4.42 Å². The largest absolute Gasteiger partial charge is 0.467 e. The highest BCUT2D eigenvalue weighted by molar-refractivity contribution is 5.47. The number of anilines is 1. The number of nitrogens with zero attached hydrogens (tertiary/aromatic N) is 2. The van der Waals surface area contributed by atoms with Gasteiger partial charge in [0, 0.05) is 25.1 Å². The van der Waals surface area contributed by atoms with Crippen LogP contribution in [-0.2, 0) is 13.5 Å². The molecule has 0 amide bonds. The van der Waals surface area contributed by atoms with E-state index in [1.807, 2.05) is 29.9 Å². The first-order chi connectivity index (χ1) is 10.3. The fourth-order valence-electron chi connectivity index (χ4n) is 2.38. The molecule has 0 saturated heterocycles. The number of hydrogen-bond donors (Lipinski definition) is 1. The Morgan fingerprint density at radius 3 is 2.62 bits per heavy atom. The Hall–Kier alpha value is -2.49. The van der Waals surface area contributed by atoms with Gasteiger partial charge in [0.05, 0.1) is 6.26 Å². The van der Waals surface area contributed by atoms with Gasteiger partial charge in [0.15, 0.2) is 0 Å². The van der Waals surface area contributed by atoms with Crippen molar-refractivity contribution >= 4 is 5.69 Å². The van der Waals surface area contributed by atoms with Crippen molar-refractivity contribution in [3.63, 3.8) is 0 Å². The van der Waals surface area contributed by atoms with Crippen LogP contribution in [0.5, 0.6) is 0 Å². The number of hydrogen-bond acceptors (Lipinski definition) is 3. The first kappa shape index (κ1) is 13.5. The van der Waals surface area contributed by atoms with Crippen LogP contribution in [0.2, 0.25) is 0 Å². The van der Waals surface area contributed by atoms with Crippen molar-refractivity contribution in [1.29, 1.82) is 0 Å². The summed E-state index contributed by atoms with van der Waals surface area (Å²) < 4.78 is 7.58. The van der Waals surface area contributed by atoms with Crippen molar-refractivity contribution in [3.05, 3.63) is 72.2 Å². The highest BCUT2D eigenvalue weighted by atomic mass is 16.3. The Labute approximate surface area is 124 Å². The molecule has 2 heterocycles. The number of aromatic nitrogens is 2. The van der Waals surface area contributed by atoms with Gasteiger partial charge >= 0.3 is 0 Å². The summed E-state index contributed by atoms with van der Waals surface area (Å²) in [6.07, 6.45) is 6.47. The van der Waals surface area contributed by atoms with Crippen molar-refractivity contribution < 1.29 is 4.42 Å². The van der Waals surface area contributed by atoms with Gasteiger partial charge < -0.3 is 14.3 Å². The molecular weight excluding hydrogens is 262 g/mol. The maximum atomic E-state index is 5.58. The SMILES string of the molecule is CCc1ccc(NC(c2ccco2)c2nccn2C)cc1. The minimum absolute atomic E-state index is 0.104. The zero-order valence-electron chi connectivity index (χ0n) is 12.3. The van der Waals surface area contributed by atoms with Gasteiger partial charge in [0.1, 0.15) is 17.6 Å². The standard InChI is InChI=1S/C17H19N3O/c1-3-13-6-8-14(9-7-13)19-16(15-5-4-12-21-15)17-18-10-11-20(17)2/h4-12,16,19H,3H2,1-2H3. The van der Waals surface area contributed by atoms with Gasteiger partial charge in [0.25, 0.3) is 0 Å². The lowest BCUT2D eigenvalue weighted by atomic mass is 10.1. The van der Waals surface area contributed by atoms with E-state index in [9.17, 15) is 0 Å². The van der Waals surface area contributed by atoms with Crippen molar-refractivity contribution in [2.45, 2.75) is 19.4 Å². The first-order valence-corrected chi connectivity index (χ1v) is 7.14. The van der Waals surface area contributed by atoms with E-state index in [2.05, 4.69) is 41.5 Å². The van der Waals surface area contributed by atoms with Crippen LogP contribution in [-0.4, -0.2) is 9.55 Å². The summed E-state index contributed by atoms with van der Waals surface area (Å²) in [6.45, 7) is 2.15. The van der Waals surface area contributed by atoms with Gasteiger partial charge in [-0.15, -0.1) is 0 Å². The molecule has 3 aromatic rings. The van der Waals surface area contributed by atoms with Crippen molar-refractivity contribution in [2.75, 3.05) is 5.32 Å². The molecule has 0 aliphatic carbocycles. The number of imidazole rings is 1. The molecule has 1 N–H and O–H groups in total. The third kappa shape index (κ3) is 2.84. The lowest BCUT2D eigenvalue weighted by Gasteiger charge is -2.18. The lowest BCUT2D eigenvalue weighted by molar-refractivity contribution is 0.488. The Balaban J connectivity index is 1.91. The molecule has 0 spiro atoms. The number of rotatable bonds is 5. The zero-order chi connectivity index (χ0) is 14.7. The number of nitrogens with one attached hydrogen (secondary N) is 1. The third-order valence-electron chi connectivity index (χ3n) is 3.62. The molecule has 0 bridgehead atoms. The van der Waals surface area contributed by atoms with Gasteiger partial charge in [-0.3, -0.25) is 0 Å². The second-order valence-electron chi connectivity index (χ2n) is 5.04. The minimum Gasteiger partial charge on any atom is -0.467 e. The summed E-state index contributed by atoms with van der Waals surface area (Å²) in [6, 6.07) is 12.2. The van der Waals surface area contributed by atoms with Crippen LogP contribution in [0.3, 0.4) is 0 Å². The predicted octanol–water partition coefficient (Wildman–Crippen LogP) is 3.78. The Bertz CT molecular complexity index is 683. The zero-order valence-corrected chi connectivity index (χ0v) is 12.3. The highest BCUT2D eigenvalue weighted by Gasteiger charge is 2.20. The number of benzene rings is 1. The van der Waals surface area contributed by atoms with Gasteiger partial charge in [-0.2, -0.15) is 0 Å². The molecule has 4 nitrogen and oxygen atoms in total. The highest BCUT2D eigenvalue weighted by Crippen LogP contribution is 2.26. The van der Waals surface area contributed by atoms with Crippen LogP contribution in [0.15, 0.2) is 59.5 Å². The average Bonchev–Trinajstić information content (AvgIpc) is 3.17. The number of furan rings is 1. The summed E-state index contributed by atoms with van der Waals surface area (Å²) in [5, 5.41) is 3.50. The normalized spacial score (nSPS) is 12.3. The van der Waals surface area contributed by atoms with Gasteiger partial charge in [-0.1, -0.05) is 19.1 Å². The molecule has 4 heteroatoms. The summed E-state index contributed by atoms with van der Waals surface area (Å²) in [4.78, 5) is 4.44. The van der Waals surface area contributed by atoms with Crippen LogP contribution in [0.25, 0.3) is 0 Å². The fourth-order valence-corrected chi connectivity index (χ4v) is 2.38. The molecule has 0 fully saturated rings. The van der Waals surface area contributed by atoms with Crippen LogP contribution in [0.1, 0.15) is 30.1 Å². The predicted molar refractivity (Wildman–Crippen MR) is 83.2 cm³/mol. The van der Waals surface area contributed by atoms with Crippen LogP contribution < -0.4 is 5.32 Å². The van der Waals surface area contributed by atoms with E-state index in [1.54, 1.807) is 12.5 Å². The van der Waals surface area contributed by atoms with E-state index in [0.717, 1.165) is 23.7 Å². The van der Waals surface area contributed by atoms with Crippen molar-refractivity contribution in [3.8, 4) is 0 Å². The van der Waals surface area contributed by atoms with Gasteiger partial charge in [-0.25, -0.2) is 4.98 Å². The number of aryl methyl sites for hydroxylation is 2. The molecule has 3 rings (SSSR count). The quantitative estimate of drug-likeness (QED) is 0.774. The fraction of sp³-hybridized carbons (Fsp3) is 0.235. The lowest BCUT2D eigenvalue weighted by Crippen LogP contribution is -2.16. The minimum atomic E-state index is -0.104. The topological polar surface area (TPSA) is 43.0 Å². The van der Waals surface area contributed by atoms with Crippen LogP contribution in [0, 0.1) is 0 Å². The molecule has 1 unspecified atom stereocenters. The molecular formula is C17H19N3O. The maximum Gasteiger partial charge on any atom is 0.143 e. The molecule has 0 radical (unpaired) electrons. The first-order valence-electron chi connectivity index (χ1n) is 7.14. The maximum absolute atomic E-state index is 5.58. The third-order valence-corrected chi connectivity index (χ3v) is 3.62. The summed E-state index contributed by atoms with van der Waals surface area (Å²) in [7, 11) is 1.99. The van der Waals surface area contributed by atoms with E-state index < -0.39 is 0 Å². The van der Waals surface area contributed by atoms with Gasteiger partial charge in [-0.05, 0) is 36.2 Å². The Morgan fingerprint density at radius 2 is 2.05 bits per heavy atom. The molecule has 1 aromatic carbocycles. The van der Waals surface area contributed by atoms with Crippen LogP contribution >= 0.6 is 0 Å². The molecule has 108 valence electrons. The van der Waals surface area contributed by atoms with Gasteiger partial charge in [0.2, 0.25) is 0 Å². The molecule has 21 heavy (non-hydrogen) atoms. The Morgan fingerprint density at radius 1 is 1.24 bits per heavy atom. The van der Waals surface area contributed by atoms with Crippen molar-refractivity contribution in [2.24, 2.45) is 7.05 Å². The van der Waals surface area contributed by atoms with E-state index >= 15 is 0 Å². The summed E-state index contributed by atoms with van der Waals surface area (Å²) in [5.41, 5.74) is 2.38. The second-order valence-corrected chi connectivity index (χ2v) is 5.04. The Kier molecular flexibility index (Phi) is 3.77. The molecule has 0 aliphatic rings. The van der Waals surface area contributed by atoms with Crippen LogP contribution in [0.4, 0.5) is 5.69 Å². The van der Waals surface area contributed by atoms with E-state index in [0.29, 0.717) is 0 Å². The van der Waals surface area contributed by atoms with E-state index in [1.165, 1.54) is 5.56 Å². The second kappa shape index (κ2) is 5.87. The molecule has 0 saturated carbocycles. The molecule has 2 aromatic heterocycles.